The van der Waals surface area contributed by atoms with Crippen molar-refractivity contribution in [2.75, 3.05) is 18.0 Å². The van der Waals surface area contributed by atoms with E-state index in [2.05, 4.69) is 39.2 Å². The van der Waals surface area contributed by atoms with Crippen molar-refractivity contribution < 1.29 is 4.79 Å². The Labute approximate surface area is 258 Å². The molecule has 0 radical (unpaired) electrons. The number of nitrogens with zero attached hydrogens (tertiary/aromatic N) is 6. The second-order valence-electron chi connectivity index (χ2n) is 12.0. The molecule has 1 aromatic carbocycles. The summed E-state index contributed by atoms with van der Waals surface area (Å²) in [6, 6.07) is 11.6. The highest BCUT2D eigenvalue weighted by atomic mass is 35.5. The zero-order valence-corrected chi connectivity index (χ0v) is 26.7. The minimum atomic E-state index is -0.436. The van der Waals surface area contributed by atoms with Crippen LogP contribution in [0.2, 0.25) is 5.02 Å². The first-order valence-electron chi connectivity index (χ1n) is 14.8. The van der Waals surface area contributed by atoms with Gasteiger partial charge >= 0.3 is 5.69 Å². The van der Waals surface area contributed by atoms with Gasteiger partial charge in [0.2, 0.25) is 5.91 Å². The molecule has 1 amide bonds. The van der Waals surface area contributed by atoms with Gasteiger partial charge in [-0.2, -0.15) is 4.98 Å². The minimum Gasteiger partial charge on any atom is -0.349 e. The van der Waals surface area contributed by atoms with Crippen LogP contribution in [0.4, 0.5) is 5.82 Å². The molecule has 1 aliphatic rings. The summed E-state index contributed by atoms with van der Waals surface area (Å²) in [6.45, 7) is 19.0. The zero-order valence-electron chi connectivity index (χ0n) is 25.9. The van der Waals surface area contributed by atoms with Crippen LogP contribution in [0, 0.1) is 6.92 Å². The number of rotatable bonds is 6. The van der Waals surface area contributed by atoms with Crippen LogP contribution in [-0.2, 0) is 4.79 Å². The van der Waals surface area contributed by atoms with Crippen molar-refractivity contribution in [2.24, 2.45) is 0 Å². The van der Waals surface area contributed by atoms with Crippen molar-refractivity contribution in [2.45, 2.75) is 72.4 Å². The normalized spacial score (nSPS) is 17.3. The fourth-order valence-corrected chi connectivity index (χ4v) is 6.27. The molecule has 2 atom stereocenters. The van der Waals surface area contributed by atoms with Gasteiger partial charge in [0.25, 0.3) is 0 Å². The summed E-state index contributed by atoms with van der Waals surface area (Å²) in [4.78, 5) is 45.3. The number of carbonyl (C=O) groups is 1. The molecular weight excluding hydrogens is 560 g/mol. The number of halogens is 1. The van der Waals surface area contributed by atoms with E-state index in [-0.39, 0.29) is 29.8 Å². The molecular formula is C34H39ClN6O2. The number of piperazine rings is 1. The van der Waals surface area contributed by atoms with E-state index in [1.54, 1.807) is 15.7 Å². The van der Waals surface area contributed by atoms with Gasteiger partial charge in [-0.15, -0.1) is 0 Å². The van der Waals surface area contributed by atoms with Crippen molar-refractivity contribution >= 4 is 34.4 Å². The molecule has 0 unspecified atom stereocenters. The number of amides is 1. The lowest BCUT2D eigenvalue weighted by Gasteiger charge is -2.44. The van der Waals surface area contributed by atoms with E-state index in [9.17, 15) is 9.59 Å². The summed E-state index contributed by atoms with van der Waals surface area (Å²) in [5.74, 6) is 0.568. The molecule has 3 aromatic heterocycles. The molecule has 0 aliphatic carbocycles. The van der Waals surface area contributed by atoms with Gasteiger partial charge in [0.1, 0.15) is 5.82 Å². The highest BCUT2D eigenvalue weighted by Gasteiger charge is 2.34. The summed E-state index contributed by atoms with van der Waals surface area (Å²) in [5.41, 5.74) is 5.06. The average molecular weight is 599 g/mol. The molecule has 8 nitrogen and oxygen atoms in total. The summed E-state index contributed by atoms with van der Waals surface area (Å²) in [6.07, 6.45) is 3.15. The number of fused-ring (bicyclic) bond motifs is 1. The van der Waals surface area contributed by atoms with Gasteiger partial charge in [-0.1, -0.05) is 70.1 Å². The highest BCUT2D eigenvalue weighted by molar-refractivity contribution is 6.34. The second kappa shape index (κ2) is 11.9. The number of carbonyl (C=O) groups excluding carboxylic acids is 1. The third-order valence-corrected chi connectivity index (χ3v) is 8.58. The molecule has 1 saturated heterocycles. The van der Waals surface area contributed by atoms with Gasteiger partial charge in [-0.3, -0.25) is 9.78 Å². The van der Waals surface area contributed by atoms with Crippen LogP contribution in [0.25, 0.3) is 28.0 Å². The van der Waals surface area contributed by atoms with E-state index in [1.807, 2.05) is 57.2 Å². The Bertz CT molecular complexity index is 1750. The Balaban J connectivity index is 1.86. The Morgan fingerprint density at radius 3 is 2.42 bits per heavy atom. The van der Waals surface area contributed by atoms with Gasteiger partial charge in [0.15, 0.2) is 5.65 Å². The molecule has 43 heavy (non-hydrogen) atoms. The molecule has 4 heterocycles. The molecule has 1 fully saturated rings. The predicted octanol–water partition coefficient (Wildman–Crippen LogP) is 6.66. The van der Waals surface area contributed by atoms with Gasteiger partial charge < -0.3 is 9.80 Å². The first-order chi connectivity index (χ1) is 20.4. The SMILES string of the molecule is C=CC(=O)N1C[C@H](C)N(c2nc(=O)n(-c3c(C(C)C)ccnc3C(C)C)c3nc(-c4ccccc4C)c(Cl)cc23)C[C@H]1C. The fourth-order valence-electron chi connectivity index (χ4n) is 6.02. The molecule has 9 heteroatoms. The summed E-state index contributed by atoms with van der Waals surface area (Å²) in [5, 5.41) is 1.13. The predicted molar refractivity (Wildman–Crippen MR) is 174 cm³/mol. The van der Waals surface area contributed by atoms with Gasteiger partial charge in [-0.25, -0.2) is 14.3 Å². The van der Waals surface area contributed by atoms with Crippen molar-refractivity contribution in [1.29, 1.82) is 0 Å². The van der Waals surface area contributed by atoms with Crippen molar-refractivity contribution in [3.63, 3.8) is 0 Å². The van der Waals surface area contributed by atoms with E-state index < -0.39 is 5.69 Å². The quantitative estimate of drug-likeness (QED) is 0.231. The monoisotopic (exact) mass is 598 g/mol. The molecule has 1 aliphatic heterocycles. The molecule has 0 saturated carbocycles. The number of anilines is 1. The lowest BCUT2D eigenvalue weighted by atomic mass is 9.97. The maximum Gasteiger partial charge on any atom is 0.355 e. The first-order valence-corrected chi connectivity index (χ1v) is 15.2. The lowest BCUT2D eigenvalue weighted by Crippen LogP contribution is -2.58. The smallest absolute Gasteiger partial charge is 0.349 e. The molecule has 0 spiro atoms. The largest absolute Gasteiger partial charge is 0.355 e. The van der Waals surface area contributed by atoms with E-state index in [0.29, 0.717) is 40.7 Å². The Kier molecular flexibility index (Phi) is 8.43. The maximum atomic E-state index is 14.3. The summed E-state index contributed by atoms with van der Waals surface area (Å²) in [7, 11) is 0. The zero-order chi connectivity index (χ0) is 31.2. The third-order valence-electron chi connectivity index (χ3n) is 8.29. The molecule has 0 bridgehead atoms. The number of aryl methyl sites for hydroxylation is 1. The molecule has 5 rings (SSSR count). The van der Waals surface area contributed by atoms with Gasteiger partial charge in [-0.05, 0) is 61.9 Å². The van der Waals surface area contributed by atoms with Crippen LogP contribution >= 0.6 is 11.6 Å². The molecule has 0 N–H and O–H groups in total. The van der Waals surface area contributed by atoms with Crippen molar-refractivity contribution in [3.8, 4) is 16.9 Å². The van der Waals surface area contributed by atoms with Crippen LogP contribution in [0.15, 0.2) is 60.0 Å². The number of hydrogen-bond acceptors (Lipinski definition) is 6. The number of benzene rings is 1. The van der Waals surface area contributed by atoms with Crippen LogP contribution in [0.5, 0.6) is 0 Å². The van der Waals surface area contributed by atoms with E-state index in [4.69, 9.17) is 26.6 Å². The van der Waals surface area contributed by atoms with E-state index in [1.165, 1.54) is 6.08 Å². The first kappa shape index (κ1) is 30.4. The summed E-state index contributed by atoms with van der Waals surface area (Å²) >= 11 is 7.00. The second-order valence-corrected chi connectivity index (χ2v) is 12.5. The fraction of sp³-hybridized carbons (Fsp3) is 0.382. The highest BCUT2D eigenvalue weighted by Crippen LogP contribution is 2.37. The van der Waals surface area contributed by atoms with E-state index in [0.717, 1.165) is 28.1 Å². The van der Waals surface area contributed by atoms with Crippen molar-refractivity contribution in [1.82, 2.24) is 24.4 Å². The van der Waals surface area contributed by atoms with Crippen LogP contribution in [0.3, 0.4) is 0 Å². The summed E-state index contributed by atoms with van der Waals surface area (Å²) < 4.78 is 1.63. The maximum absolute atomic E-state index is 14.3. The van der Waals surface area contributed by atoms with E-state index >= 15 is 0 Å². The lowest BCUT2D eigenvalue weighted by molar-refractivity contribution is -0.128. The van der Waals surface area contributed by atoms with Crippen molar-refractivity contribution in [3.05, 3.63) is 87.6 Å². The third kappa shape index (κ3) is 5.44. The topological polar surface area (TPSA) is 84.2 Å². The number of pyridine rings is 2. The van der Waals surface area contributed by atoms with Crippen LogP contribution < -0.4 is 10.6 Å². The van der Waals surface area contributed by atoms with Gasteiger partial charge in [0, 0.05) is 36.9 Å². The number of hydrogen-bond donors (Lipinski definition) is 0. The Morgan fingerprint density at radius 1 is 1.05 bits per heavy atom. The molecule has 4 aromatic rings. The average Bonchev–Trinajstić information content (AvgIpc) is 2.97. The standard InChI is InChI=1S/C34H39ClN6O2/c1-9-28(42)39-17-23(8)40(18-22(39)7)32-26-16-27(35)30(25-13-11-10-12-21(25)6)37-33(26)41(34(43)38-32)31-24(19(2)3)14-15-36-29(31)20(4)5/h9-16,19-20,22-23H,1,17-18H2,2-8H3/t22-,23+/m1/s1. The minimum absolute atomic E-state index is 0.0508. The van der Waals surface area contributed by atoms with Crippen LogP contribution in [0.1, 0.15) is 70.2 Å². The Hall–Kier alpha value is -4.04. The number of aromatic nitrogens is 4. The molecule has 224 valence electrons. The van der Waals surface area contributed by atoms with Crippen LogP contribution in [-0.4, -0.2) is 55.5 Å². The van der Waals surface area contributed by atoms with Gasteiger partial charge in [0.05, 0.1) is 27.5 Å². The Morgan fingerprint density at radius 2 is 1.77 bits per heavy atom.